The number of carbonyl (C=O) groups is 2. The number of hydrazone groups is 1. The number of anilines is 1. The molecule has 0 saturated heterocycles. The summed E-state index contributed by atoms with van der Waals surface area (Å²) in [7, 11) is 0. The van der Waals surface area contributed by atoms with Gasteiger partial charge >= 0.3 is 0 Å². The first-order valence-electron chi connectivity index (χ1n) is 8.13. The smallest absolute Gasteiger partial charge is 0.240 e. The number of benzene rings is 2. The lowest BCUT2D eigenvalue weighted by molar-refractivity contribution is -0.124. The third-order valence-electron chi connectivity index (χ3n) is 3.69. The van der Waals surface area contributed by atoms with E-state index < -0.39 is 0 Å². The van der Waals surface area contributed by atoms with Gasteiger partial charge in [-0.15, -0.1) is 0 Å². The third-order valence-corrected chi connectivity index (χ3v) is 4.90. The lowest BCUT2D eigenvalue weighted by Gasteiger charge is -2.09. The minimum atomic E-state index is -0.362. The number of phenols is 1. The Bertz CT molecular complexity index is 875. The number of phenolic OH excluding ortho intramolecular Hbond substituents is 1. The molecule has 6 nitrogen and oxygen atoms in total. The van der Waals surface area contributed by atoms with E-state index in [1.165, 1.54) is 6.21 Å². The minimum Gasteiger partial charge on any atom is -0.506 e. The van der Waals surface area contributed by atoms with Gasteiger partial charge in [0.2, 0.25) is 11.8 Å². The van der Waals surface area contributed by atoms with Gasteiger partial charge in [0.1, 0.15) is 5.75 Å². The predicted molar refractivity (Wildman–Crippen MR) is 113 cm³/mol. The number of rotatable bonds is 6. The van der Waals surface area contributed by atoms with E-state index in [4.69, 9.17) is 0 Å². The van der Waals surface area contributed by atoms with Crippen molar-refractivity contribution in [3.63, 3.8) is 0 Å². The highest BCUT2D eigenvalue weighted by Crippen LogP contribution is 2.32. The molecule has 0 fully saturated rings. The summed E-state index contributed by atoms with van der Waals surface area (Å²) in [5, 5.41) is 16.3. The monoisotopic (exact) mass is 495 g/mol. The van der Waals surface area contributed by atoms with Gasteiger partial charge in [-0.3, -0.25) is 9.59 Å². The molecule has 8 heteroatoms. The van der Waals surface area contributed by atoms with Crippen LogP contribution >= 0.6 is 31.9 Å². The Balaban J connectivity index is 1.82. The average Bonchev–Trinajstić information content (AvgIpc) is 2.61. The van der Waals surface area contributed by atoms with Crippen molar-refractivity contribution < 1.29 is 14.7 Å². The van der Waals surface area contributed by atoms with E-state index in [-0.39, 0.29) is 30.4 Å². The predicted octanol–water partition coefficient (Wildman–Crippen LogP) is 4.40. The highest BCUT2D eigenvalue weighted by molar-refractivity contribution is 9.11. The number of nitrogens with zero attached hydrogens (tertiary/aromatic N) is 1. The first-order valence-corrected chi connectivity index (χ1v) is 9.72. The molecule has 0 aliphatic heterocycles. The normalized spacial score (nSPS) is 10.8. The standard InChI is InChI=1S/C19H19Br2N3O3/c1-11-3-4-12(2)16(7-11)23-17(25)5-6-18(26)24-22-10-13-8-14(20)19(27)15(21)9-13/h3-4,7-10,27H,5-6H2,1-2H3,(H,23,25)(H,24,26)/b22-10+. The van der Waals surface area contributed by atoms with Crippen molar-refractivity contribution in [3.05, 3.63) is 56.0 Å². The fourth-order valence-corrected chi connectivity index (χ4v) is 3.43. The van der Waals surface area contributed by atoms with Crippen LogP contribution in [-0.4, -0.2) is 23.1 Å². The Morgan fingerprint density at radius 3 is 2.37 bits per heavy atom. The van der Waals surface area contributed by atoms with E-state index in [2.05, 4.69) is 47.7 Å². The Labute approximate surface area is 174 Å². The molecular formula is C19H19Br2N3O3. The molecule has 0 aliphatic rings. The van der Waals surface area contributed by atoms with Gasteiger partial charge in [-0.1, -0.05) is 12.1 Å². The van der Waals surface area contributed by atoms with Gasteiger partial charge in [0.25, 0.3) is 0 Å². The van der Waals surface area contributed by atoms with Crippen molar-refractivity contribution in [3.8, 4) is 5.75 Å². The number of carbonyl (C=O) groups excluding carboxylic acids is 2. The molecular weight excluding hydrogens is 478 g/mol. The maximum atomic E-state index is 12.0. The van der Waals surface area contributed by atoms with E-state index in [9.17, 15) is 14.7 Å². The summed E-state index contributed by atoms with van der Waals surface area (Å²) in [6, 6.07) is 9.13. The van der Waals surface area contributed by atoms with E-state index in [1.54, 1.807) is 12.1 Å². The van der Waals surface area contributed by atoms with Gasteiger partial charge < -0.3 is 10.4 Å². The number of halogens is 2. The Kier molecular flexibility index (Phi) is 7.55. The van der Waals surface area contributed by atoms with Gasteiger partial charge in [-0.25, -0.2) is 5.43 Å². The van der Waals surface area contributed by atoms with Crippen molar-refractivity contribution in [1.82, 2.24) is 5.43 Å². The minimum absolute atomic E-state index is 0.0248. The van der Waals surface area contributed by atoms with Crippen molar-refractivity contribution in [2.75, 3.05) is 5.32 Å². The zero-order chi connectivity index (χ0) is 20.0. The summed E-state index contributed by atoms with van der Waals surface area (Å²) in [5.74, 6) is -0.500. The summed E-state index contributed by atoms with van der Waals surface area (Å²) >= 11 is 6.44. The van der Waals surface area contributed by atoms with Crippen LogP contribution in [0.1, 0.15) is 29.5 Å². The van der Waals surface area contributed by atoms with Crippen molar-refractivity contribution in [2.24, 2.45) is 5.10 Å². The molecule has 2 aromatic rings. The van der Waals surface area contributed by atoms with Crippen LogP contribution in [0.2, 0.25) is 0 Å². The molecule has 0 bridgehead atoms. The van der Waals surface area contributed by atoms with E-state index in [1.807, 2.05) is 32.0 Å². The van der Waals surface area contributed by atoms with Gasteiger partial charge in [-0.2, -0.15) is 5.10 Å². The van der Waals surface area contributed by atoms with Crippen molar-refractivity contribution >= 4 is 55.6 Å². The third kappa shape index (κ3) is 6.48. The molecule has 0 saturated carbocycles. The molecule has 2 aromatic carbocycles. The van der Waals surface area contributed by atoms with Gasteiger partial charge in [0, 0.05) is 18.5 Å². The molecule has 0 unspecified atom stereocenters. The van der Waals surface area contributed by atoms with Gasteiger partial charge in [0.15, 0.2) is 0 Å². The average molecular weight is 497 g/mol. The molecule has 0 heterocycles. The molecule has 142 valence electrons. The van der Waals surface area contributed by atoms with Crippen molar-refractivity contribution in [2.45, 2.75) is 26.7 Å². The molecule has 0 spiro atoms. The zero-order valence-electron chi connectivity index (χ0n) is 14.8. The van der Waals surface area contributed by atoms with Crippen LogP contribution < -0.4 is 10.7 Å². The summed E-state index contributed by atoms with van der Waals surface area (Å²) < 4.78 is 1.01. The van der Waals surface area contributed by atoms with Crippen LogP contribution in [0.25, 0.3) is 0 Å². The second-order valence-electron chi connectivity index (χ2n) is 5.99. The first kappa shape index (κ1) is 21.1. The van der Waals surface area contributed by atoms with Crippen LogP contribution in [0.15, 0.2) is 44.4 Å². The van der Waals surface area contributed by atoms with Gasteiger partial charge in [0.05, 0.1) is 15.2 Å². The number of aromatic hydroxyl groups is 1. The lowest BCUT2D eigenvalue weighted by Crippen LogP contribution is -2.20. The fourth-order valence-electron chi connectivity index (χ4n) is 2.20. The maximum Gasteiger partial charge on any atom is 0.240 e. The molecule has 27 heavy (non-hydrogen) atoms. The summed E-state index contributed by atoms with van der Waals surface area (Å²) in [4.78, 5) is 23.9. The quantitative estimate of drug-likeness (QED) is 0.408. The van der Waals surface area contributed by atoms with Crippen molar-refractivity contribution in [1.29, 1.82) is 0 Å². The largest absolute Gasteiger partial charge is 0.506 e. The summed E-state index contributed by atoms with van der Waals surface area (Å²) in [6.07, 6.45) is 1.53. The summed E-state index contributed by atoms with van der Waals surface area (Å²) in [6.45, 7) is 3.86. The Hall–Kier alpha value is -2.19. The van der Waals surface area contributed by atoms with Crippen LogP contribution in [0.4, 0.5) is 5.69 Å². The zero-order valence-corrected chi connectivity index (χ0v) is 18.0. The number of hydrogen-bond acceptors (Lipinski definition) is 4. The van der Waals surface area contributed by atoms with E-state index >= 15 is 0 Å². The van der Waals surface area contributed by atoms with Gasteiger partial charge in [-0.05, 0) is 80.6 Å². The molecule has 0 radical (unpaired) electrons. The number of amides is 2. The second-order valence-corrected chi connectivity index (χ2v) is 7.70. The second kappa shape index (κ2) is 9.66. The Morgan fingerprint density at radius 2 is 1.70 bits per heavy atom. The molecule has 0 aliphatic carbocycles. The number of hydrogen-bond donors (Lipinski definition) is 3. The van der Waals surface area contributed by atoms with Crippen LogP contribution in [0.3, 0.4) is 0 Å². The number of nitrogens with one attached hydrogen (secondary N) is 2. The molecule has 3 N–H and O–H groups in total. The van der Waals surface area contributed by atoms with E-state index in [0.29, 0.717) is 14.5 Å². The maximum absolute atomic E-state index is 12.0. The van der Waals surface area contributed by atoms with Crippen LogP contribution in [-0.2, 0) is 9.59 Å². The van der Waals surface area contributed by atoms with E-state index in [0.717, 1.165) is 16.8 Å². The topological polar surface area (TPSA) is 90.8 Å². The molecule has 0 aromatic heterocycles. The highest BCUT2D eigenvalue weighted by Gasteiger charge is 2.09. The molecule has 0 atom stereocenters. The molecule has 2 amide bonds. The Morgan fingerprint density at radius 1 is 1.07 bits per heavy atom. The first-order chi connectivity index (χ1) is 12.8. The van der Waals surface area contributed by atoms with Crippen LogP contribution in [0.5, 0.6) is 5.75 Å². The molecule has 2 rings (SSSR count). The lowest BCUT2D eigenvalue weighted by atomic mass is 10.1. The van der Waals surface area contributed by atoms with Crippen LogP contribution in [0, 0.1) is 13.8 Å². The SMILES string of the molecule is Cc1ccc(C)c(NC(=O)CCC(=O)N/N=C/c2cc(Br)c(O)c(Br)c2)c1. The number of aryl methyl sites for hydroxylation is 2. The summed E-state index contributed by atoms with van der Waals surface area (Å²) in [5.41, 5.74) is 5.83. The fraction of sp³-hybridized carbons (Fsp3) is 0.211. The highest BCUT2D eigenvalue weighted by atomic mass is 79.9.